The van der Waals surface area contributed by atoms with Crippen LogP contribution in [0.1, 0.15) is 60.3 Å². The van der Waals surface area contributed by atoms with Crippen LogP contribution in [-0.4, -0.2) is 35.3 Å². The zero-order valence-corrected chi connectivity index (χ0v) is 18.1. The highest BCUT2D eigenvalue weighted by molar-refractivity contribution is 7.97. The quantitative estimate of drug-likeness (QED) is 0.506. The van der Waals surface area contributed by atoms with E-state index in [2.05, 4.69) is 13.8 Å². The van der Waals surface area contributed by atoms with Gasteiger partial charge in [-0.1, -0.05) is 0 Å². The maximum Gasteiger partial charge on any atom is 0.410 e. The Morgan fingerprint density at radius 2 is 1.93 bits per heavy atom. The smallest absolute Gasteiger partial charge is 0.410 e. The van der Waals surface area contributed by atoms with Crippen molar-refractivity contribution in [2.75, 3.05) is 13.2 Å². The summed E-state index contributed by atoms with van der Waals surface area (Å²) in [6.07, 6.45) is 4.04. The lowest BCUT2D eigenvalue weighted by Gasteiger charge is -2.33. The van der Waals surface area contributed by atoms with E-state index in [4.69, 9.17) is 14.6 Å². The number of hydrogen-bond donors (Lipinski definition) is 1. The van der Waals surface area contributed by atoms with Gasteiger partial charge in [0, 0.05) is 17.0 Å². The fourth-order valence-corrected chi connectivity index (χ4v) is 3.85. The summed E-state index contributed by atoms with van der Waals surface area (Å²) in [5.41, 5.74) is -0.601. The van der Waals surface area contributed by atoms with Crippen LogP contribution in [0.5, 0.6) is 5.75 Å². The largest absolute Gasteiger partial charge is 0.494 e. The predicted octanol–water partition coefficient (Wildman–Crippen LogP) is 5.24. The number of nitrogens with zero attached hydrogens (tertiary/aromatic N) is 1. The second kappa shape index (κ2) is 9.20. The van der Waals surface area contributed by atoms with Gasteiger partial charge in [-0.2, -0.15) is 0 Å². The van der Waals surface area contributed by atoms with E-state index in [1.807, 2.05) is 49.9 Å². The molecule has 0 radical (unpaired) electrons. The van der Waals surface area contributed by atoms with Gasteiger partial charge in [-0.25, -0.2) is 4.79 Å². The minimum atomic E-state index is -0.455. The molecule has 0 aliphatic carbocycles. The number of likely N-dealkylation sites (tertiary alicyclic amines) is 1. The van der Waals surface area contributed by atoms with Gasteiger partial charge in [0.1, 0.15) is 11.4 Å². The molecule has 0 spiro atoms. The maximum atomic E-state index is 12.5. The predicted molar refractivity (Wildman–Crippen MR) is 111 cm³/mol. The van der Waals surface area contributed by atoms with Gasteiger partial charge in [0.2, 0.25) is 0 Å². The molecule has 1 aliphatic rings. The van der Waals surface area contributed by atoms with Gasteiger partial charge in [0.05, 0.1) is 6.61 Å². The monoisotopic (exact) mass is 394 g/mol. The number of carbonyl (C=O) groups is 1. The fourth-order valence-electron chi connectivity index (χ4n) is 3.56. The molecular formula is C21H34N2O3S. The molecule has 1 fully saturated rings. The minimum absolute atomic E-state index is 0.147. The van der Waals surface area contributed by atoms with Gasteiger partial charge in [-0.3, -0.25) is 5.14 Å². The van der Waals surface area contributed by atoms with Crippen LogP contribution in [0.15, 0.2) is 29.2 Å². The van der Waals surface area contributed by atoms with E-state index < -0.39 is 5.60 Å². The van der Waals surface area contributed by atoms with Gasteiger partial charge in [-0.15, -0.1) is 0 Å². The average Bonchev–Trinajstić information content (AvgIpc) is 2.88. The van der Waals surface area contributed by atoms with E-state index in [9.17, 15) is 4.79 Å². The summed E-state index contributed by atoms with van der Waals surface area (Å²) < 4.78 is 11.4. The SMILES string of the molecule is CC(C)(C)OC(=O)N1CC(CCCCOc2ccc(SN)cc2)CC1(C)C. The first kappa shape index (κ1) is 21.9. The molecule has 1 aliphatic heterocycles. The van der Waals surface area contributed by atoms with E-state index in [0.29, 0.717) is 12.5 Å². The number of amides is 1. The summed E-state index contributed by atoms with van der Waals surface area (Å²) in [6, 6.07) is 7.83. The molecule has 1 aromatic carbocycles. The zero-order chi connectivity index (χ0) is 20.1. The third-order valence-electron chi connectivity index (χ3n) is 4.81. The van der Waals surface area contributed by atoms with E-state index in [1.54, 1.807) is 0 Å². The summed E-state index contributed by atoms with van der Waals surface area (Å²) in [6.45, 7) is 11.5. The van der Waals surface area contributed by atoms with Gasteiger partial charge >= 0.3 is 6.09 Å². The fraction of sp³-hybridized carbons (Fsp3) is 0.667. The Morgan fingerprint density at radius 1 is 1.26 bits per heavy atom. The number of hydrogen-bond acceptors (Lipinski definition) is 5. The molecule has 1 unspecified atom stereocenters. The number of benzene rings is 1. The van der Waals surface area contributed by atoms with E-state index >= 15 is 0 Å². The van der Waals surface area contributed by atoms with Crippen molar-refractivity contribution in [3.63, 3.8) is 0 Å². The van der Waals surface area contributed by atoms with Gasteiger partial charge < -0.3 is 14.4 Å². The lowest BCUT2D eigenvalue weighted by Crippen LogP contribution is -2.45. The number of nitrogens with two attached hydrogens (primary N) is 1. The number of unbranched alkanes of at least 4 members (excludes halogenated alkanes) is 1. The molecule has 1 atom stereocenters. The number of ether oxygens (including phenoxy) is 2. The van der Waals surface area contributed by atoms with Crippen molar-refractivity contribution in [3.8, 4) is 5.75 Å². The Kier molecular flexibility index (Phi) is 7.46. The molecule has 0 aromatic heterocycles. The van der Waals surface area contributed by atoms with Crippen molar-refractivity contribution in [3.05, 3.63) is 24.3 Å². The highest BCUT2D eigenvalue weighted by Gasteiger charge is 2.42. The molecule has 27 heavy (non-hydrogen) atoms. The Hall–Kier alpha value is -1.40. The van der Waals surface area contributed by atoms with Crippen LogP contribution in [0.4, 0.5) is 4.79 Å². The van der Waals surface area contributed by atoms with Crippen molar-refractivity contribution in [2.24, 2.45) is 11.1 Å². The van der Waals surface area contributed by atoms with Crippen LogP contribution >= 0.6 is 11.9 Å². The molecule has 5 nitrogen and oxygen atoms in total. The molecule has 1 aromatic rings. The summed E-state index contributed by atoms with van der Waals surface area (Å²) in [7, 11) is 0. The lowest BCUT2D eigenvalue weighted by atomic mass is 9.93. The lowest BCUT2D eigenvalue weighted by molar-refractivity contribution is 0.0131. The third-order valence-corrected chi connectivity index (χ3v) is 5.35. The Bertz CT molecular complexity index is 611. The summed E-state index contributed by atoms with van der Waals surface area (Å²) >= 11 is 1.24. The molecule has 6 heteroatoms. The van der Waals surface area contributed by atoms with Crippen molar-refractivity contribution in [2.45, 2.75) is 76.3 Å². The highest BCUT2D eigenvalue weighted by atomic mass is 32.2. The molecule has 2 rings (SSSR count). The van der Waals surface area contributed by atoms with Crippen LogP contribution in [0.25, 0.3) is 0 Å². The molecule has 1 heterocycles. The van der Waals surface area contributed by atoms with Gasteiger partial charge in [0.25, 0.3) is 0 Å². The number of carbonyl (C=O) groups excluding carboxylic acids is 1. The normalized spacial score (nSPS) is 19.2. The summed E-state index contributed by atoms with van der Waals surface area (Å²) in [5, 5.41) is 5.52. The zero-order valence-electron chi connectivity index (χ0n) is 17.3. The highest BCUT2D eigenvalue weighted by Crippen LogP contribution is 2.36. The second-order valence-corrected chi connectivity index (χ2v) is 9.61. The Morgan fingerprint density at radius 3 is 2.52 bits per heavy atom. The maximum absolute atomic E-state index is 12.5. The molecule has 152 valence electrons. The molecule has 0 saturated carbocycles. The molecule has 1 saturated heterocycles. The third kappa shape index (κ3) is 6.92. The van der Waals surface area contributed by atoms with Crippen molar-refractivity contribution in [1.82, 2.24) is 4.90 Å². The summed E-state index contributed by atoms with van der Waals surface area (Å²) in [4.78, 5) is 15.4. The first-order valence-corrected chi connectivity index (χ1v) is 10.6. The summed E-state index contributed by atoms with van der Waals surface area (Å²) in [5.74, 6) is 1.40. The van der Waals surface area contributed by atoms with E-state index in [0.717, 1.165) is 42.9 Å². The Labute approximate surface area is 168 Å². The standard InChI is InChI=1S/C21H34N2O3S/c1-20(2,3)26-19(24)23-15-16(14-21(23,4)5)8-6-7-13-25-17-9-11-18(27-22)12-10-17/h9-12,16H,6-8,13-15,22H2,1-5H3. The van der Waals surface area contributed by atoms with Gasteiger partial charge in [0.15, 0.2) is 0 Å². The van der Waals surface area contributed by atoms with Crippen LogP contribution in [0.3, 0.4) is 0 Å². The van der Waals surface area contributed by atoms with Crippen LogP contribution in [0.2, 0.25) is 0 Å². The topological polar surface area (TPSA) is 64.8 Å². The van der Waals surface area contributed by atoms with Crippen molar-refractivity contribution in [1.29, 1.82) is 0 Å². The molecule has 0 bridgehead atoms. The van der Waals surface area contributed by atoms with Crippen molar-refractivity contribution < 1.29 is 14.3 Å². The van der Waals surface area contributed by atoms with Crippen molar-refractivity contribution >= 4 is 18.0 Å². The molecular weight excluding hydrogens is 360 g/mol. The number of rotatable bonds is 7. The van der Waals surface area contributed by atoms with Crippen LogP contribution in [0, 0.1) is 5.92 Å². The van der Waals surface area contributed by atoms with Crippen LogP contribution < -0.4 is 9.88 Å². The second-order valence-electron chi connectivity index (χ2n) is 8.91. The van der Waals surface area contributed by atoms with E-state index in [-0.39, 0.29) is 11.6 Å². The average molecular weight is 395 g/mol. The van der Waals surface area contributed by atoms with Crippen LogP contribution in [-0.2, 0) is 4.74 Å². The van der Waals surface area contributed by atoms with E-state index in [1.165, 1.54) is 11.9 Å². The first-order valence-electron chi connectivity index (χ1n) is 9.71. The first-order chi connectivity index (χ1) is 12.6. The Balaban J connectivity index is 1.71. The molecule has 1 amide bonds. The van der Waals surface area contributed by atoms with Gasteiger partial charge in [-0.05, 0) is 102 Å². The molecule has 2 N–H and O–H groups in total. The minimum Gasteiger partial charge on any atom is -0.494 e.